The summed E-state index contributed by atoms with van der Waals surface area (Å²) in [6.45, 7) is 3.22. The van der Waals surface area contributed by atoms with Crippen molar-refractivity contribution in [3.63, 3.8) is 0 Å². The molecule has 1 fully saturated rings. The second-order valence-corrected chi connectivity index (χ2v) is 4.54. The van der Waals surface area contributed by atoms with Crippen LogP contribution in [0.25, 0.3) is 0 Å². The molecule has 0 heterocycles. The molecule has 0 saturated heterocycles. The van der Waals surface area contributed by atoms with Crippen molar-refractivity contribution in [2.45, 2.75) is 63.6 Å². The number of nitrogens with two attached hydrogens (primary N) is 1. The summed E-state index contributed by atoms with van der Waals surface area (Å²) >= 11 is 0. The Morgan fingerprint density at radius 2 is 1.50 bits per heavy atom. The summed E-state index contributed by atoms with van der Waals surface area (Å²) in [5.41, 5.74) is 4.27. The lowest BCUT2D eigenvalue weighted by Gasteiger charge is -2.37. The molecule has 0 aromatic heterocycles. The van der Waals surface area contributed by atoms with Gasteiger partial charge in [-0.15, -0.1) is 0 Å². The van der Waals surface area contributed by atoms with Gasteiger partial charge in [0.05, 0.1) is 0 Å². The molecular weight excluding hydrogens is 153 g/mol. The van der Waals surface area contributed by atoms with Crippen molar-refractivity contribution in [2.75, 3.05) is 0 Å². The van der Waals surface area contributed by atoms with E-state index in [1.165, 1.54) is 12.8 Å². The molecular formula is C10H20FN. The third-order valence-electron chi connectivity index (χ3n) is 3.18. The van der Waals surface area contributed by atoms with E-state index in [1.807, 2.05) is 0 Å². The molecule has 0 aromatic carbocycles. The highest BCUT2D eigenvalue weighted by atomic mass is 19.1. The van der Waals surface area contributed by atoms with Crippen LogP contribution in [0.3, 0.4) is 0 Å². The molecule has 0 amide bonds. The highest BCUT2D eigenvalue weighted by Gasteiger charge is 2.41. The molecule has 0 spiro atoms. The van der Waals surface area contributed by atoms with Crippen LogP contribution < -0.4 is 5.73 Å². The summed E-state index contributed by atoms with van der Waals surface area (Å²) in [5.74, 6) is 0. The lowest BCUT2D eigenvalue weighted by Crippen LogP contribution is -2.54. The van der Waals surface area contributed by atoms with E-state index >= 15 is 0 Å². The summed E-state index contributed by atoms with van der Waals surface area (Å²) in [6, 6.07) is 0. The zero-order chi connectivity index (χ0) is 9.24. The first kappa shape index (κ1) is 9.97. The third-order valence-corrected chi connectivity index (χ3v) is 3.18. The van der Waals surface area contributed by atoms with Gasteiger partial charge in [-0.3, -0.25) is 0 Å². The van der Waals surface area contributed by atoms with E-state index in [-0.39, 0.29) is 0 Å². The molecule has 2 N–H and O–H groups in total. The molecule has 0 bridgehead atoms. The smallest absolute Gasteiger partial charge is 0.123 e. The van der Waals surface area contributed by atoms with E-state index in [0.717, 1.165) is 25.7 Å². The van der Waals surface area contributed by atoms with E-state index in [1.54, 1.807) is 13.8 Å². The Morgan fingerprint density at radius 1 is 1.08 bits per heavy atom. The molecule has 0 unspecified atom stereocenters. The highest BCUT2D eigenvalue weighted by molar-refractivity contribution is 4.99. The van der Waals surface area contributed by atoms with E-state index in [2.05, 4.69) is 0 Å². The van der Waals surface area contributed by atoms with Crippen LogP contribution in [0.1, 0.15) is 52.4 Å². The first-order chi connectivity index (χ1) is 5.46. The maximum atomic E-state index is 13.7. The van der Waals surface area contributed by atoms with Crippen molar-refractivity contribution in [3.8, 4) is 0 Å². The number of hydrogen-bond acceptors (Lipinski definition) is 1. The monoisotopic (exact) mass is 173 g/mol. The van der Waals surface area contributed by atoms with Gasteiger partial charge in [-0.1, -0.05) is 25.7 Å². The molecule has 1 aliphatic carbocycles. The minimum Gasteiger partial charge on any atom is -0.322 e. The molecule has 0 atom stereocenters. The lowest BCUT2D eigenvalue weighted by atomic mass is 9.78. The SMILES string of the molecule is CC(C)(F)C1(N)CCCCCC1. The Morgan fingerprint density at radius 3 is 1.83 bits per heavy atom. The van der Waals surface area contributed by atoms with Gasteiger partial charge in [-0.2, -0.15) is 0 Å². The lowest BCUT2D eigenvalue weighted by molar-refractivity contribution is 0.0806. The predicted molar refractivity (Wildman–Crippen MR) is 49.8 cm³/mol. The zero-order valence-electron chi connectivity index (χ0n) is 8.20. The Balaban J connectivity index is 2.67. The normalized spacial score (nSPS) is 25.0. The summed E-state index contributed by atoms with van der Waals surface area (Å²) < 4.78 is 13.7. The average Bonchev–Trinajstić information content (AvgIpc) is 2.12. The second kappa shape index (κ2) is 3.33. The minimum atomic E-state index is -1.22. The number of hydrogen-bond donors (Lipinski definition) is 1. The van der Waals surface area contributed by atoms with Gasteiger partial charge in [-0.05, 0) is 26.7 Å². The largest absolute Gasteiger partial charge is 0.322 e. The Hall–Kier alpha value is -0.110. The molecule has 2 heteroatoms. The molecule has 12 heavy (non-hydrogen) atoms. The fourth-order valence-electron chi connectivity index (χ4n) is 1.95. The van der Waals surface area contributed by atoms with Crippen molar-refractivity contribution >= 4 is 0 Å². The summed E-state index contributed by atoms with van der Waals surface area (Å²) in [5, 5.41) is 0. The van der Waals surface area contributed by atoms with Gasteiger partial charge in [-0.25, -0.2) is 4.39 Å². The Labute approximate surface area is 74.5 Å². The van der Waals surface area contributed by atoms with E-state index in [4.69, 9.17) is 5.73 Å². The third kappa shape index (κ3) is 1.98. The fourth-order valence-corrected chi connectivity index (χ4v) is 1.95. The van der Waals surface area contributed by atoms with Gasteiger partial charge in [0, 0.05) is 5.54 Å². The summed E-state index contributed by atoms with van der Waals surface area (Å²) in [7, 11) is 0. The van der Waals surface area contributed by atoms with E-state index < -0.39 is 11.2 Å². The van der Waals surface area contributed by atoms with Crippen LogP contribution >= 0.6 is 0 Å². The first-order valence-electron chi connectivity index (χ1n) is 4.93. The Bertz CT molecular complexity index is 140. The van der Waals surface area contributed by atoms with Gasteiger partial charge in [0.2, 0.25) is 0 Å². The number of rotatable bonds is 1. The standard InChI is InChI=1S/C10H20FN/c1-9(2,11)10(12)7-5-3-4-6-8-10/h3-8,12H2,1-2H3. The number of alkyl halides is 1. The maximum Gasteiger partial charge on any atom is 0.123 e. The summed E-state index contributed by atoms with van der Waals surface area (Å²) in [4.78, 5) is 0. The van der Waals surface area contributed by atoms with E-state index in [0.29, 0.717) is 0 Å². The van der Waals surface area contributed by atoms with E-state index in [9.17, 15) is 4.39 Å². The van der Waals surface area contributed by atoms with Crippen LogP contribution in [-0.4, -0.2) is 11.2 Å². The molecule has 72 valence electrons. The van der Waals surface area contributed by atoms with Crippen molar-refractivity contribution in [1.29, 1.82) is 0 Å². The minimum absolute atomic E-state index is 0.566. The first-order valence-corrected chi connectivity index (χ1v) is 4.93. The van der Waals surface area contributed by atoms with Crippen molar-refractivity contribution in [2.24, 2.45) is 5.73 Å². The predicted octanol–water partition coefficient (Wildman–Crippen LogP) is 2.79. The summed E-state index contributed by atoms with van der Waals surface area (Å²) in [6.07, 6.45) is 6.30. The molecule has 0 aromatic rings. The topological polar surface area (TPSA) is 26.0 Å². The van der Waals surface area contributed by atoms with Crippen LogP contribution in [-0.2, 0) is 0 Å². The zero-order valence-corrected chi connectivity index (χ0v) is 8.20. The van der Waals surface area contributed by atoms with Gasteiger partial charge in [0.25, 0.3) is 0 Å². The van der Waals surface area contributed by atoms with Crippen LogP contribution in [0.15, 0.2) is 0 Å². The van der Waals surface area contributed by atoms with Crippen molar-refractivity contribution < 1.29 is 4.39 Å². The van der Waals surface area contributed by atoms with Crippen molar-refractivity contribution in [3.05, 3.63) is 0 Å². The maximum absolute atomic E-state index is 13.7. The molecule has 1 rings (SSSR count). The molecule has 1 saturated carbocycles. The van der Waals surface area contributed by atoms with Gasteiger partial charge in [0.1, 0.15) is 5.67 Å². The van der Waals surface area contributed by atoms with Crippen LogP contribution in [0, 0.1) is 0 Å². The second-order valence-electron chi connectivity index (χ2n) is 4.54. The van der Waals surface area contributed by atoms with Gasteiger partial charge < -0.3 is 5.73 Å². The van der Waals surface area contributed by atoms with Gasteiger partial charge >= 0.3 is 0 Å². The van der Waals surface area contributed by atoms with Crippen LogP contribution in [0.5, 0.6) is 0 Å². The highest BCUT2D eigenvalue weighted by Crippen LogP contribution is 2.35. The van der Waals surface area contributed by atoms with Crippen LogP contribution in [0.2, 0.25) is 0 Å². The van der Waals surface area contributed by atoms with Crippen molar-refractivity contribution in [1.82, 2.24) is 0 Å². The van der Waals surface area contributed by atoms with Crippen LogP contribution in [0.4, 0.5) is 4.39 Å². The molecule has 1 aliphatic rings. The Kier molecular flexibility index (Phi) is 2.77. The molecule has 1 nitrogen and oxygen atoms in total. The molecule has 0 radical (unpaired) electrons. The van der Waals surface area contributed by atoms with Gasteiger partial charge in [0.15, 0.2) is 0 Å². The number of halogens is 1. The fraction of sp³-hybridized carbons (Fsp3) is 1.00. The molecule has 0 aliphatic heterocycles. The quantitative estimate of drug-likeness (QED) is 0.606. The average molecular weight is 173 g/mol.